The van der Waals surface area contributed by atoms with Gasteiger partial charge < -0.3 is 29.9 Å². The molecule has 0 aromatic carbocycles. The van der Waals surface area contributed by atoms with Gasteiger partial charge in [-0.05, 0) is 64.2 Å². The van der Waals surface area contributed by atoms with Crippen LogP contribution in [0.5, 0.6) is 0 Å². The second-order valence-electron chi connectivity index (χ2n) is 14.9. The summed E-state index contributed by atoms with van der Waals surface area (Å²) in [6.45, 7) is 3.68. The van der Waals surface area contributed by atoms with Crippen LogP contribution in [0.25, 0.3) is 0 Å². The Balaban J connectivity index is 4.67. The third kappa shape index (κ3) is 23.8. The van der Waals surface area contributed by atoms with Crippen molar-refractivity contribution in [1.82, 2.24) is 0 Å². The van der Waals surface area contributed by atoms with Gasteiger partial charge in [-0.2, -0.15) is 0 Å². The fourth-order valence-electron chi connectivity index (χ4n) is 6.72. The highest BCUT2D eigenvalue weighted by molar-refractivity contribution is 5.72. The molecule has 0 radical (unpaired) electrons. The number of ether oxygens (including phenoxy) is 2. The van der Waals surface area contributed by atoms with Crippen molar-refractivity contribution >= 4 is 11.9 Å². The van der Waals surface area contributed by atoms with Gasteiger partial charge in [-0.1, -0.05) is 148 Å². The summed E-state index contributed by atoms with van der Waals surface area (Å²) in [5, 5.41) is 41.6. The minimum absolute atomic E-state index is 0.0656. The fourth-order valence-corrected chi connectivity index (χ4v) is 6.72. The van der Waals surface area contributed by atoms with Crippen molar-refractivity contribution in [2.24, 2.45) is 5.92 Å². The van der Waals surface area contributed by atoms with Gasteiger partial charge in [-0.25, -0.2) is 0 Å². The van der Waals surface area contributed by atoms with Gasteiger partial charge >= 0.3 is 11.9 Å². The van der Waals surface area contributed by atoms with Gasteiger partial charge in [0.2, 0.25) is 0 Å². The molecule has 0 aliphatic heterocycles. The van der Waals surface area contributed by atoms with Crippen LogP contribution in [0.4, 0.5) is 0 Å². The maximum Gasteiger partial charge on any atom is 0.309 e. The zero-order chi connectivity index (χ0) is 38.6. The molecule has 8 heteroatoms. The molecule has 0 aliphatic carbocycles. The van der Waals surface area contributed by atoms with Crippen LogP contribution in [0.1, 0.15) is 207 Å². The lowest BCUT2D eigenvalue weighted by molar-refractivity contribution is -0.320. The molecule has 0 aromatic rings. The first-order valence-corrected chi connectivity index (χ1v) is 21.6. The molecule has 306 valence electrons. The summed E-state index contributed by atoms with van der Waals surface area (Å²) in [5.41, 5.74) is -2.39. The summed E-state index contributed by atoms with van der Waals surface area (Å²) >= 11 is 0. The molecule has 0 amide bonds. The van der Waals surface area contributed by atoms with Crippen molar-refractivity contribution in [2.45, 2.75) is 218 Å². The van der Waals surface area contributed by atoms with Crippen LogP contribution in [0.2, 0.25) is 0 Å². The maximum absolute atomic E-state index is 13.1. The van der Waals surface area contributed by atoms with Gasteiger partial charge in [-0.3, -0.25) is 9.59 Å². The van der Waals surface area contributed by atoms with Gasteiger partial charge in [0.15, 0.2) is 5.60 Å². The molecule has 0 aliphatic rings. The molecule has 0 rings (SSSR count). The summed E-state index contributed by atoms with van der Waals surface area (Å²) in [6, 6.07) is 0. The maximum atomic E-state index is 13.1. The summed E-state index contributed by atoms with van der Waals surface area (Å²) in [5.74, 6) is -4.85. The van der Waals surface area contributed by atoms with E-state index in [-0.39, 0.29) is 19.3 Å². The number of aliphatic hydroxyl groups excluding tert-OH is 3. The normalized spacial score (nSPS) is 13.4. The van der Waals surface area contributed by atoms with Crippen molar-refractivity contribution in [1.29, 1.82) is 0 Å². The highest BCUT2D eigenvalue weighted by atomic mass is 16.7. The van der Waals surface area contributed by atoms with E-state index in [2.05, 4.69) is 38.2 Å². The smallest absolute Gasteiger partial charge is 0.309 e. The number of unbranched alkanes of at least 4 members (excludes halogenated alkanes) is 22. The first kappa shape index (κ1) is 50.3. The lowest BCUT2D eigenvalue weighted by Crippen LogP contribution is -2.66. The van der Waals surface area contributed by atoms with E-state index in [0.717, 1.165) is 77.0 Å². The molecule has 0 bridgehead atoms. The molecular weight excluding hydrogens is 656 g/mol. The molecule has 1 unspecified atom stereocenters. The summed E-state index contributed by atoms with van der Waals surface area (Å²) < 4.78 is 11.4. The minimum atomic E-state index is -2.39. The predicted molar refractivity (Wildman–Crippen MR) is 214 cm³/mol. The number of hydrogen-bond donors (Lipinski definition) is 4. The number of esters is 2. The lowest BCUT2D eigenvalue weighted by atomic mass is 9.79. The van der Waals surface area contributed by atoms with E-state index in [1.165, 1.54) is 77.0 Å². The summed E-state index contributed by atoms with van der Waals surface area (Å²) in [4.78, 5) is 26.1. The Hall–Kier alpha value is -1.74. The largest absolute Gasteiger partial charge is 0.419 e. The molecule has 0 saturated heterocycles. The van der Waals surface area contributed by atoms with Crippen LogP contribution in [-0.2, 0) is 19.1 Å². The van der Waals surface area contributed by atoms with Crippen LogP contribution in [0.3, 0.4) is 0 Å². The van der Waals surface area contributed by atoms with Crippen LogP contribution in [0.15, 0.2) is 24.3 Å². The third-order valence-electron chi connectivity index (χ3n) is 10.3. The van der Waals surface area contributed by atoms with E-state index in [1.807, 2.05) is 0 Å². The molecule has 0 aromatic heterocycles. The van der Waals surface area contributed by atoms with E-state index in [0.29, 0.717) is 12.8 Å². The molecule has 0 fully saturated rings. The quantitative estimate of drug-likeness (QED) is 0.0213. The Morgan fingerprint density at radius 3 is 1.10 bits per heavy atom. The monoisotopic (exact) mass is 739 g/mol. The Bertz CT molecular complexity index is 829. The minimum Gasteiger partial charge on any atom is -0.419 e. The summed E-state index contributed by atoms with van der Waals surface area (Å²) in [6.07, 6.45) is 38.5. The van der Waals surface area contributed by atoms with Crippen molar-refractivity contribution in [3.63, 3.8) is 0 Å². The van der Waals surface area contributed by atoms with Gasteiger partial charge in [0.25, 0.3) is 5.79 Å². The van der Waals surface area contributed by atoms with E-state index < -0.39 is 49.1 Å². The van der Waals surface area contributed by atoms with Crippen LogP contribution in [-0.4, -0.2) is 63.6 Å². The zero-order valence-electron chi connectivity index (χ0n) is 33.9. The van der Waals surface area contributed by atoms with Crippen molar-refractivity contribution in [2.75, 3.05) is 19.8 Å². The number of allylic oxidation sites excluding steroid dienone is 4. The summed E-state index contributed by atoms with van der Waals surface area (Å²) in [7, 11) is 0. The van der Waals surface area contributed by atoms with Crippen LogP contribution < -0.4 is 0 Å². The van der Waals surface area contributed by atoms with Gasteiger partial charge in [-0.15, -0.1) is 0 Å². The number of carbonyl (C=O) groups is 2. The SMILES string of the molecule is CCCCCCCC/C=C\CCCCCCCC(=O)OC(CC)(OC(=O)CCCCCCC/C=C\CCCCCCCC)C(O)(CO)C(CO)CO. The lowest BCUT2D eigenvalue weighted by Gasteiger charge is -2.46. The van der Waals surface area contributed by atoms with E-state index in [4.69, 9.17) is 9.47 Å². The number of hydrogen-bond acceptors (Lipinski definition) is 8. The van der Waals surface area contributed by atoms with Crippen LogP contribution in [0, 0.1) is 5.92 Å². The van der Waals surface area contributed by atoms with Gasteiger partial charge in [0, 0.05) is 25.2 Å². The standard InChI is InChI=1S/C44H82O8/c1-4-7-9-11-13-15-17-19-21-23-25-27-29-31-33-35-41(48)51-44(6-3,43(50,39-47)40(37-45)38-46)52-42(49)36-34-32-30-28-26-24-22-20-18-16-14-12-10-8-5-2/h19-22,40,45-47,50H,4-18,23-39H2,1-3H3/b21-19-,22-20-. The Labute approximate surface area is 319 Å². The fraction of sp³-hybridized carbons (Fsp3) is 0.864. The first-order chi connectivity index (χ1) is 25.3. The van der Waals surface area contributed by atoms with E-state index in [1.54, 1.807) is 6.92 Å². The first-order valence-electron chi connectivity index (χ1n) is 21.6. The Morgan fingerprint density at radius 1 is 0.500 bits per heavy atom. The van der Waals surface area contributed by atoms with Crippen molar-refractivity contribution in [3.8, 4) is 0 Å². The highest BCUT2D eigenvalue weighted by Crippen LogP contribution is 2.38. The van der Waals surface area contributed by atoms with E-state index in [9.17, 15) is 30.0 Å². The number of carbonyl (C=O) groups excluding carboxylic acids is 2. The zero-order valence-corrected chi connectivity index (χ0v) is 33.9. The average molecular weight is 739 g/mol. The molecule has 52 heavy (non-hydrogen) atoms. The van der Waals surface area contributed by atoms with E-state index >= 15 is 0 Å². The van der Waals surface area contributed by atoms with Crippen LogP contribution >= 0.6 is 0 Å². The topological polar surface area (TPSA) is 134 Å². The average Bonchev–Trinajstić information content (AvgIpc) is 3.14. The molecule has 0 heterocycles. The number of rotatable bonds is 38. The molecule has 0 spiro atoms. The Morgan fingerprint density at radius 2 is 0.808 bits per heavy atom. The molecule has 1 atom stereocenters. The number of aliphatic hydroxyl groups is 4. The Kier molecular flexibility index (Phi) is 33.8. The van der Waals surface area contributed by atoms with Crippen molar-refractivity contribution in [3.05, 3.63) is 24.3 Å². The third-order valence-corrected chi connectivity index (χ3v) is 10.3. The van der Waals surface area contributed by atoms with Crippen molar-refractivity contribution < 1.29 is 39.5 Å². The highest BCUT2D eigenvalue weighted by Gasteiger charge is 2.59. The van der Waals surface area contributed by atoms with Gasteiger partial charge in [0.05, 0.1) is 19.8 Å². The second-order valence-corrected chi connectivity index (χ2v) is 14.9. The van der Waals surface area contributed by atoms with Gasteiger partial charge in [0.1, 0.15) is 0 Å². The molecule has 8 nitrogen and oxygen atoms in total. The predicted octanol–water partition coefficient (Wildman–Crippen LogP) is 10.6. The molecule has 0 saturated carbocycles. The second kappa shape index (κ2) is 35.0. The molecular formula is C44H82O8. The molecule has 4 N–H and O–H groups in total.